The van der Waals surface area contributed by atoms with Gasteiger partial charge in [0.1, 0.15) is 0 Å². The van der Waals surface area contributed by atoms with Crippen LogP contribution in [-0.4, -0.2) is 28.3 Å². The van der Waals surface area contributed by atoms with Crippen molar-refractivity contribution < 1.29 is 0 Å². The lowest BCUT2D eigenvalue weighted by Crippen LogP contribution is -2.37. The Morgan fingerprint density at radius 2 is 2.21 bits per heavy atom. The first-order valence-corrected chi connectivity index (χ1v) is 8.44. The maximum absolute atomic E-state index is 4.48. The molecule has 1 unspecified atom stereocenters. The standard InChI is InChI=1S/C15H25N3S/c1-3-9-16-14(13-6-4-5-7-13)11-19-15-17-10-8-12(2)18-15/h8,10,13-14,16H,3-7,9,11H2,1-2H3. The van der Waals surface area contributed by atoms with E-state index in [0.717, 1.165) is 29.1 Å². The summed E-state index contributed by atoms with van der Waals surface area (Å²) in [5, 5.41) is 4.64. The van der Waals surface area contributed by atoms with Gasteiger partial charge in [0.05, 0.1) is 0 Å². The van der Waals surface area contributed by atoms with Crippen molar-refractivity contribution >= 4 is 11.8 Å². The van der Waals surface area contributed by atoms with E-state index >= 15 is 0 Å². The van der Waals surface area contributed by atoms with Crippen LogP contribution in [0.3, 0.4) is 0 Å². The molecule has 1 heterocycles. The maximum atomic E-state index is 4.48. The average molecular weight is 279 g/mol. The molecule has 1 aliphatic rings. The summed E-state index contributed by atoms with van der Waals surface area (Å²) in [5.41, 5.74) is 1.05. The first-order valence-electron chi connectivity index (χ1n) is 7.45. The van der Waals surface area contributed by atoms with E-state index in [0.29, 0.717) is 6.04 Å². The number of hydrogen-bond acceptors (Lipinski definition) is 4. The van der Waals surface area contributed by atoms with Crippen molar-refractivity contribution in [2.24, 2.45) is 5.92 Å². The van der Waals surface area contributed by atoms with Gasteiger partial charge < -0.3 is 5.32 Å². The highest BCUT2D eigenvalue weighted by Crippen LogP contribution is 2.30. The maximum Gasteiger partial charge on any atom is 0.187 e. The summed E-state index contributed by atoms with van der Waals surface area (Å²) in [6.07, 6.45) is 8.64. The minimum atomic E-state index is 0.622. The molecule has 0 aromatic carbocycles. The van der Waals surface area contributed by atoms with E-state index in [1.165, 1.54) is 32.1 Å². The lowest BCUT2D eigenvalue weighted by atomic mass is 10.00. The number of thioether (sulfide) groups is 1. The molecule has 4 heteroatoms. The topological polar surface area (TPSA) is 37.8 Å². The minimum Gasteiger partial charge on any atom is -0.313 e. The summed E-state index contributed by atoms with van der Waals surface area (Å²) in [6.45, 7) is 5.38. The van der Waals surface area contributed by atoms with E-state index < -0.39 is 0 Å². The van der Waals surface area contributed by atoms with Crippen LogP contribution < -0.4 is 5.32 Å². The van der Waals surface area contributed by atoms with E-state index in [1.54, 1.807) is 11.8 Å². The molecule has 1 N–H and O–H groups in total. The lowest BCUT2D eigenvalue weighted by molar-refractivity contribution is 0.387. The molecule has 3 nitrogen and oxygen atoms in total. The van der Waals surface area contributed by atoms with Crippen LogP contribution in [0.25, 0.3) is 0 Å². The van der Waals surface area contributed by atoms with Crippen molar-refractivity contribution in [2.45, 2.75) is 57.1 Å². The molecule has 2 rings (SSSR count). The fourth-order valence-corrected chi connectivity index (χ4v) is 3.77. The van der Waals surface area contributed by atoms with Gasteiger partial charge in [0, 0.05) is 23.7 Å². The smallest absolute Gasteiger partial charge is 0.187 e. The largest absolute Gasteiger partial charge is 0.313 e. The van der Waals surface area contributed by atoms with Crippen molar-refractivity contribution in [3.05, 3.63) is 18.0 Å². The summed E-state index contributed by atoms with van der Waals surface area (Å²) in [7, 11) is 0. The number of nitrogens with zero attached hydrogens (tertiary/aromatic N) is 2. The fraction of sp³-hybridized carbons (Fsp3) is 0.733. The van der Waals surface area contributed by atoms with Gasteiger partial charge in [-0.3, -0.25) is 0 Å². The molecular formula is C15H25N3S. The average Bonchev–Trinajstić information content (AvgIpc) is 2.93. The Kier molecular flexibility index (Phi) is 6.11. The molecule has 0 amide bonds. The van der Waals surface area contributed by atoms with Crippen LogP contribution >= 0.6 is 11.8 Å². The molecule has 106 valence electrons. The van der Waals surface area contributed by atoms with Crippen molar-refractivity contribution in [2.75, 3.05) is 12.3 Å². The third kappa shape index (κ3) is 4.77. The van der Waals surface area contributed by atoms with E-state index in [4.69, 9.17) is 0 Å². The second-order valence-electron chi connectivity index (χ2n) is 5.40. The Morgan fingerprint density at radius 3 is 2.89 bits per heavy atom. The van der Waals surface area contributed by atoms with Crippen molar-refractivity contribution in [1.82, 2.24) is 15.3 Å². The summed E-state index contributed by atoms with van der Waals surface area (Å²) in [6, 6.07) is 2.57. The summed E-state index contributed by atoms with van der Waals surface area (Å²) in [5.74, 6) is 1.94. The van der Waals surface area contributed by atoms with E-state index in [-0.39, 0.29) is 0 Å². The van der Waals surface area contributed by atoms with Gasteiger partial charge in [-0.15, -0.1) is 0 Å². The Labute approximate surface area is 121 Å². The number of rotatable bonds is 7. The zero-order valence-corrected chi connectivity index (χ0v) is 12.9. The Bertz CT molecular complexity index is 377. The first kappa shape index (κ1) is 14.8. The Balaban J connectivity index is 1.88. The fourth-order valence-electron chi connectivity index (χ4n) is 2.71. The zero-order chi connectivity index (χ0) is 13.5. The molecule has 1 fully saturated rings. The molecule has 0 bridgehead atoms. The van der Waals surface area contributed by atoms with Gasteiger partial charge in [-0.05, 0) is 44.7 Å². The molecule has 0 spiro atoms. The van der Waals surface area contributed by atoms with E-state index in [9.17, 15) is 0 Å². The van der Waals surface area contributed by atoms with Gasteiger partial charge in [0.15, 0.2) is 5.16 Å². The van der Waals surface area contributed by atoms with Crippen LogP contribution in [-0.2, 0) is 0 Å². The van der Waals surface area contributed by atoms with E-state index in [2.05, 4.69) is 22.2 Å². The summed E-state index contributed by atoms with van der Waals surface area (Å²) in [4.78, 5) is 8.82. The quantitative estimate of drug-likeness (QED) is 0.613. The van der Waals surface area contributed by atoms with Gasteiger partial charge in [0.25, 0.3) is 0 Å². The summed E-state index contributed by atoms with van der Waals surface area (Å²) >= 11 is 1.80. The molecule has 1 atom stereocenters. The number of hydrogen-bond donors (Lipinski definition) is 1. The van der Waals surface area contributed by atoms with Crippen LogP contribution in [0.1, 0.15) is 44.7 Å². The minimum absolute atomic E-state index is 0.622. The Morgan fingerprint density at radius 1 is 1.42 bits per heavy atom. The molecule has 1 aliphatic carbocycles. The second kappa shape index (κ2) is 7.85. The molecule has 0 aliphatic heterocycles. The second-order valence-corrected chi connectivity index (χ2v) is 6.38. The van der Waals surface area contributed by atoms with Crippen LogP contribution in [0.5, 0.6) is 0 Å². The molecule has 19 heavy (non-hydrogen) atoms. The van der Waals surface area contributed by atoms with Crippen molar-refractivity contribution in [3.8, 4) is 0 Å². The molecular weight excluding hydrogens is 254 g/mol. The van der Waals surface area contributed by atoms with Gasteiger partial charge in [-0.2, -0.15) is 0 Å². The normalized spacial score (nSPS) is 17.8. The monoisotopic (exact) mass is 279 g/mol. The highest BCUT2D eigenvalue weighted by molar-refractivity contribution is 7.99. The van der Waals surface area contributed by atoms with Gasteiger partial charge >= 0.3 is 0 Å². The molecule has 0 radical (unpaired) electrons. The number of nitrogens with one attached hydrogen (secondary N) is 1. The number of aromatic nitrogens is 2. The predicted octanol–water partition coefficient (Wildman–Crippen LogP) is 3.44. The molecule has 1 saturated carbocycles. The lowest BCUT2D eigenvalue weighted by Gasteiger charge is -2.24. The Hall–Kier alpha value is -0.610. The molecule has 1 aromatic heterocycles. The van der Waals surface area contributed by atoms with Crippen LogP contribution in [0.4, 0.5) is 0 Å². The first-order chi connectivity index (χ1) is 9.29. The van der Waals surface area contributed by atoms with Crippen molar-refractivity contribution in [3.63, 3.8) is 0 Å². The van der Waals surface area contributed by atoms with Gasteiger partial charge in [-0.25, -0.2) is 9.97 Å². The highest BCUT2D eigenvalue weighted by atomic mass is 32.2. The predicted molar refractivity (Wildman–Crippen MR) is 81.5 cm³/mol. The van der Waals surface area contributed by atoms with Crippen LogP contribution in [0.15, 0.2) is 17.4 Å². The van der Waals surface area contributed by atoms with Crippen LogP contribution in [0, 0.1) is 12.8 Å². The molecule has 0 saturated heterocycles. The van der Waals surface area contributed by atoms with Crippen LogP contribution in [0.2, 0.25) is 0 Å². The summed E-state index contributed by atoms with van der Waals surface area (Å²) < 4.78 is 0. The van der Waals surface area contributed by atoms with E-state index in [1.807, 2.05) is 19.2 Å². The SMILES string of the molecule is CCCNC(CSc1nccc(C)n1)C1CCCC1. The highest BCUT2D eigenvalue weighted by Gasteiger charge is 2.24. The third-order valence-electron chi connectivity index (χ3n) is 3.79. The molecule has 1 aromatic rings. The van der Waals surface area contributed by atoms with Crippen molar-refractivity contribution in [1.29, 1.82) is 0 Å². The zero-order valence-electron chi connectivity index (χ0n) is 12.1. The van der Waals surface area contributed by atoms with Gasteiger partial charge in [0.2, 0.25) is 0 Å². The number of aryl methyl sites for hydroxylation is 1. The third-order valence-corrected chi connectivity index (χ3v) is 4.77. The van der Waals surface area contributed by atoms with Gasteiger partial charge in [-0.1, -0.05) is 31.5 Å².